The number of nitrogens with zero attached hydrogens (tertiary/aromatic N) is 4. The topological polar surface area (TPSA) is 97.8 Å². The van der Waals surface area contributed by atoms with Crippen LogP contribution in [0.5, 0.6) is 0 Å². The maximum Gasteiger partial charge on any atom is 0.270 e. The van der Waals surface area contributed by atoms with Gasteiger partial charge in [0.15, 0.2) is 0 Å². The van der Waals surface area contributed by atoms with E-state index in [0.29, 0.717) is 11.2 Å². The summed E-state index contributed by atoms with van der Waals surface area (Å²) in [4.78, 5) is 41.3. The van der Waals surface area contributed by atoms with Crippen LogP contribution in [0.3, 0.4) is 0 Å². The molecule has 0 bridgehead atoms. The van der Waals surface area contributed by atoms with Gasteiger partial charge in [-0.25, -0.2) is 4.98 Å². The zero-order valence-corrected chi connectivity index (χ0v) is 14.2. The molecule has 0 saturated carbocycles. The number of nitro benzene ring substituents is 1. The van der Waals surface area contributed by atoms with Crippen LogP contribution in [-0.4, -0.2) is 32.2 Å². The van der Waals surface area contributed by atoms with Crippen molar-refractivity contribution in [1.29, 1.82) is 0 Å². The molecule has 1 atom stereocenters. The summed E-state index contributed by atoms with van der Waals surface area (Å²) < 4.78 is 1.30. The number of benzene rings is 1. The quantitative estimate of drug-likeness (QED) is 0.530. The van der Waals surface area contributed by atoms with E-state index in [2.05, 4.69) is 4.98 Å². The fraction of sp³-hybridized carbons (Fsp3) is 0.167. The van der Waals surface area contributed by atoms with E-state index < -0.39 is 22.4 Å². The van der Waals surface area contributed by atoms with Gasteiger partial charge in [0.2, 0.25) is 0 Å². The minimum absolute atomic E-state index is 0.0531. The molecule has 1 amide bonds. The van der Waals surface area contributed by atoms with E-state index in [1.165, 1.54) is 27.6 Å². The lowest BCUT2D eigenvalue weighted by Crippen LogP contribution is -2.35. The van der Waals surface area contributed by atoms with Gasteiger partial charge >= 0.3 is 0 Å². The third-order valence-corrected chi connectivity index (χ3v) is 4.31. The molecule has 8 nitrogen and oxygen atoms in total. The third kappa shape index (κ3) is 3.04. The summed E-state index contributed by atoms with van der Waals surface area (Å²) >= 11 is 0. The fourth-order valence-corrected chi connectivity index (χ4v) is 2.66. The summed E-state index contributed by atoms with van der Waals surface area (Å²) in [5.41, 5.74) is 0.474. The van der Waals surface area contributed by atoms with Gasteiger partial charge in [-0.2, -0.15) is 0 Å². The monoisotopic (exact) mass is 352 g/mol. The van der Waals surface area contributed by atoms with Crippen LogP contribution in [0, 0.1) is 10.1 Å². The van der Waals surface area contributed by atoms with Gasteiger partial charge in [0.05, 0.1) is 11.0 Å². The third-order valence-electron chi connectivity index (χ3n) is 4.31. The first-order valence-corrected chi connectivity index (χ1v) is 7.88. The largest absolute Gasteiger partial charge is 0.335 e. The smallest absolute Gasteiger partial charge is 0.270 e. The molecule has 0 radical (unpaired) electrons. The molecular formula is C18H16N4O4. The van der Waals surface area contributed by atoms with Crippen LogP contribution in [0.25, 0.3) is 5.65 Å². The van der Waals surface area contributed by atoms with Crippen molar-refractivity contribution in [3.05, 3.63) is 86.5 Å². The molecule has 0 fully saturated rings. The number of aromatic nitrogens is 2. The molecule has 2 heterocycles. The summed E-state index contributed by atoms with van der Waals surface area (Å²) in [5.74, 6) is -0.500. The Morgan fingerprint density at radius 1 is 1.27 bits per heavy atom. The van der Waals surface area contributed by atoms with Crippen molar-refractivity contribution in [2.24, 2.45) is 0 Å². The van der Waals surface area contributed by atoms with E-state index in [4.69, 9.17) is 0 Å². The van der Waals surface area contributed by atoms with Gasteiger partial charge in [-0.05, 0) is 24.6 Å². The molecule has 26 heavy (non-hydrogen) atoms. The average molecular weight is 352 g/mol. The van der Waals surface area contributed by atoms with Crippen molar-refractivity contribution in [2.45, 2.75) is 13.0 Å². The molecule has 3 rings (SSSR count). The maximum absolute atomic E-state index is 12.8. The number of carbonyl (C=O) groups is 1. The lowest BCUT2D eigenvalue weighted by molar-refractivity contribution is -0.384. The van der Waals surface area contributed by atoms with Crippen molar-refractivity contribution in [3.8, 4) is 0 Å². The molecule has 0 spiro atoms. The summed E-state index contributed by atoms with van der Waals surface area (Å²) in [6, 6.07) is 10.7. The van der Waals surface area contributed by atoms with Gasteiger partial charge in [0.1, 0.15) is 11.2 Å². The van der Waals surface area contributed by atoms with Crippen molar-refractivity contribution < 1.29 is 9.72 Å². The highest BCUT2D eigenvalue weighted by Gasteiger charge is 2.23. The molecular weight excluding hydrogens is 336 g/mol. The number of hydrogen-bond donors (Lipinski definition) is 0. The van der Waals surface area contributed by atoms with Crippen LogP contribution < -0.4 is 5.56 Å². The zero-order valence-electron chi connectivity index (χ0n) is 14.2. The van der Waals surface area contributed by atoms with Crippen molar-refractivity contribution in [2.75, 3.05) is 7.05 Å². The number of non-ortho nitro benzene ring substituents is 1. The Bertz CT molecular complexity index is 1060. The van der Waals surface area contributed by atoms with Crippen LogP contribution in [0.2, 0.25) is 0 Å². The van der Waals surface area contributed by atoms with Crippen LogP contribution in [0.15, 0.2) is 59.7 Å². The van der Waals surface area contributed by atoms with Crippen molar-refractivity contribution in [1.82, 2.24) is 14.3 Å². The second kappa shape index (κ2) is 6.75. The number of nitro groups is 1. The standard InChI is InChI=1S/C18H16N4O4/c1-12(13-6-5-7-14(10-13)22(25)26)20(2)17(23)15-11-19-16-8-3-4-9-21(16)18(15)24/h3-12H,1-2H3. The number of carbonyl (C=O) groups excluding carboxylic acids is 1. The van der Waals surface area contributed by atoms with Gasteiger partial charge in [0.25, 0.3) is 17.2 Å². The zero-order chi connectivity index (χ0) is 18.8. The Labute approximate surface area is 148 Å². The highest BCUT2D eigenvalue weighted by atomic mass is 16.6. The molecule has 0 aliphatic heterocycles. The summed E-state index contributed by atoms with van der Waals surface area (Å²) in [7, 11) is 1.55. The molecule has 8 heteroatoms. The Morgan fingerprint density at radius 2 is 2.04 bits per heavy atom. The molecule has 1 unspecified atom stereocenters. The molecule has 0 aliphatic carbocycles. The number of fused-ring (bicyclic) bond motifs is 1. The second-order valence-electron chi connectivity index (χ2n) is 5.85. The predicted molar refractivity (Wildman–Crippen MR) is 95.1 cm³/mol. The maximum atomic E-state index is 12.8. The minimum atomic E-state index is -0.500. The van der Waals surface area contributed by atoms with Crippen LogP contribution in [-0.2, 0) is 0 Å². The van der Waals surface area contributed by atoms with Gasteiger partial charge < -0.3 is 4.90 Å². The van der Waals surface area contributed by atoms with Crippen LogP contribution >= 0.6 is 0 Å². The highest BCUT2D eigenvalue weighted by molar-refractivity contribution is 5.93. The Kier molecular flexibility index (Phi) is 4.49. The molecule has 1 aromatic carbocycles. The first-order chi connectivity index (χ1) is 12.4. The summed E-state index contributed by atoms with van der Waals surface area (Å²) in [6.45, 7) is 1.74. The first kappa shape index (κ1) is 17.3. The SMILES string of the molecule is CC(c1cccc([N+](=O)[O-])c1)N(C)C(=O)c1cnc2ccccn2c1=O. The van der Waals surface area contributed by atoms with E-state index >= 15 is 0 Å². The van der Waals surface area contributed by atoms with E-state index in [1.54, 1.807) is 50.5 Å². The number of rotatable bonds is 4. The highest BCUT2D eigenvalue weighted by Crippen LogP contribution is 2.23. The van der Waals surface area contributed by atoms with Crippen molar-refractivity contribution in [3.63, 3.8) is 0 Å². The Hall–Kier alpha value is -3.55. The van der Waals surface area contributed by atoms with Crippen LogP contribution in [0.1, 0.15) is 28.9 Å². The van der Waals surface area contributed by atoms with Gasteiger partial charge in [-0.15, -0.1) is 0 Å². The number of pyridine rings is 1. The van der Waals surface area contributed by atoms with Crippen molar-refractivity contribution >= 4 is 17.2 Å². The van der Waals surface area contributed by atoms with E-state index in [-0.39, 0.29) is 11.3 Å². The number of amides is 1. The lowest BCUT2D eigenvalue weighted by atomic mass is 10.1. The normalized spacial score (nSPS) is 11.9. The Balaban J connectivity index is 1.95. The lowest BCUT2D eigenvalue weighted by Gasteiger charge is -2.25. The second-order valence-corrected chi connectivity index (χ2v) is 5.85. The number of hydrogen-bond acceptors (Lipinski definition) is 5. The predicted octanol–water partition coefficient (Wildman–Crippen LogP) is 2.44. The molecule has 0 saturated heterocycles. The van der Waals surface area contributed by atoms with Gasteiger partial charge in [-0.3, -0.25) is 24.1 Å². The van der Waals surface area contributed by atoms with Crippen LogP contribution in [0.4, 0.5) is 5.69 Å². The van der Waals surface area contributed by atoms with Gasteiger partial charge in [0, 0.05) is 31.6 Å². The first-order valence-electron chi connectivity index (χ1n) is 7.88. The summed E-state index contributed by atoms with van der Waals surface area (Å²) in [5, 5.41) is 10.9. The molecule has 0 aliphatic rings. The van der Waals surface area contributed by atoms with E-state index in [1.807, 2.05) is 0 Å². The molecule has 0 N–H and O–H groups in total. The summed E-state index contributed by atoms with van der Waals surface area (Å²) in [6.07, 6.45) is 2.81. The average Bonchev–Trinajstić information content (AvgIpc) is 2.67. The Morgan fingerprint density at radius 3 is 2.77 bits per heavy atom. The molecule has 2 aromatic heterocycles. The minimum Gasteiger partial charge on any atom is -0.335 e. The van der Waals surface area contributed by atoms with E-state index in [0.717, 1.165) is 0 Å². The fourth-order valence-electron chi connectivity index (χ4n) is 2.66. The molecule has 3 aromatic rings. The van der Waals surface area contributed by atoms with Gasteiger partial charge in [-0.1, -0.05) is 18.2 Å². The molecule has 132 valence electrons. The van der Waals surface area contributed by atoms with E-state index in [9.17, 15) is 19.7 Å².